The minimum absolute atomic E-state index is 0.0496. The molecule has 0 aliphatic carbocycles. The topological polar surface area (TPSA) is 0 Å². The average molecular weight is 566 g/mol. The maximum atomic E-state index is 13.0. The van der Waals surface area contributed by atoms with Gasteiger partial charge in [-0.2, -0.15) is 52.7 Å². The largest absolute Gasteiger partial charge is 0.460 e. The van der Waals surface area contributed by atoms with Gasteiger partial charge in [-0.25, -0.2) is 0 Å². The Hall–Kier alpha value is 0.360. The van der Waals surface area contributed by atoms with Crippen molar-refractivity contribution in [3.8, 4) is 0 Å². The van der Waals surface area contributed by atoms with Gasteiger partial charge in [-0.15, -0.1) is 0 Å². The van der Waals surface area contributed by atoms with Crippen molar-refractivity contribution in [3.05, 3.63) is 9.15 Å². The molecule has 14 heteroatoms. The molecule has 0 amide bonds. The van der Waals surface area contributed by atoms with E-state index in [9.17, 15) is 52.7 Å². The summed E-state index contributed by atoms with van der Waals surface area (Å²) in [4.78, 5) is 0. The zero-order valence-electron chi connectivity index (χ0n) is 8.79. The molecular formula is C7F12I2. The van der Waals surface area contributed by atoms with Gasteiger partial charge in [0.1, 0.15) is 5.57 Å². The van der Waals surface area contributed by atoms with E-state index < -0.39 is 37.3 Å². The summed E-state index contributed by atoms with van der Waals surface area (Å²) in [5.74, 6) is -14.1. The molecule has 0 atom stereocenters. The van der Waals surface area contributed by atoms with Crippen molar-refractivity contribution in [1.82, 2.24) is 0 Å². The first kappa shape index (κ1) is 21.4. The minimum atomic E-state index is -7.19. The quantitative estimate of drug-likeness (QED) is 0.220. The molecule has 0 fully saturated rings. The predicted molar refractivity (Wildman–Crippen MR) is 62.0 cm³/mol. The standard InChI is InChI=1S/C7F12I2/c8-3(9,6(15,16)7(17,18)19)1(4(10,11)12)2(20)5(13,14)21/b2-1-. The Morgan fingerprint density at radius 1 is 0.667 bits per heavy atom. The van der Waals surface area contributed by atoms with E-state index in [-0.39, 0.29) is 45.2 Å². The second kappa shape index (κ2) is 5.77. The van der Waals surface area contributed by atoms with Crippen LogP contribution in [0.4, 0.5) is 52.7 Å². The highest BCUT2D eigenvalue weighted by molar-refractivity contribution is 14.1. The van der Waals surface area contributed by atoms with Crippen molar-refractivity contribution >= 4 is 45.2 Å². The molecule has 0 rings (SSSR count). The Morgan fingerprint density at radius 3 is 1.19 bits per heavy atom. The highest BCUT2D eigenvalue weighted by Crippen LogP contribution is 2.56. The van der Waals surface area contributed by atoms with Crippen molar-refractivity contribution in [2.45, 2.75) is 28.1 Å². The number of allylic oxidation sites excluding steroid dienone is 2. The lowest BCUT2D eigenvalue weighted by molar-refractivity contribution is -0.351. The van der Waals surface area contributed by atoms with Crippen molar-refractivity contribution in [3.63, 3.8) is 0 Å². The molecule has 0 saturated carbocycles. The summed E-state index contributed by atoms with van der Waals surface area (Å²) in [6.45, 7) is 0. The Morgan fingerprint density at radius 2 is 1.00 bits per heavy atom. The van der Waals surface area contributed by atoms with Crippen LogP contribution in [0.15, 0.2) is 9.15 Å². The highest BCUT2D eigenvalue weighted by Gasteiger charge is 2.78. The van der Waals surface area contributed by atoms with Gasteiger partial charge in [0.2, 0.25) is 0 Å². The van der Waals surface area contributed by atoms with E-state index in [0.29, 0.717) is 0 Å². The molecule has 21 heavy (non-hydrogen) atoms. The van der Waals surface area contributed by atoms with Gasteiger partial charge in [0.15, 0.2) is 0 Å². The van der Waals surface area contributed by atoms with E-state index in [0.717, 1.165) is 0 Å². The zero-order chi connectivity index (χ0) is 17.7. The van der Waals surface area contributed by atoms with Gasteiger partial charge in [-0.3, -0.25) is 0 Å². The summed E-state index contributed by atoms with van der Waals surface area (Å²) in [7, 11) is 0. The molecule has 0 N–H and O–H groups in total. The molecule has 126 valence electrons. The predicted octanol–water partition coefficient (Wildman–Crippen LogP) is 6.10. The van der Waals surface area contributed by atoms with E-state index in [4.69, 9.17) is 0 Å². The Kier molecular flexibility index (Phi) is 5.87. The van der Waals surface area contributed by atoms with Gasteiger partial charge in [0.25, 0.3) is 0 Å². The van der Waals surface area contributed by atoms with Crippen LogP contribution >= 0.6 is 45.2 Å². The molecule has 0 radical (unpaired) electrons. The maximum Gasteiger partial charge on any atom is 0.460 e. The third-order valence-electron chi connectivity index (χ3n) is 1.82. The molecule has 0 unspecified atom stereocenters. The van der Waals surface area contributed by atoms with Crippen molar-refractivity contribution in [2.75, 3.05) is 0 Å². The van der Waals surface area contributed by atoms with Crippen LogP contribution in [0.3, 0.4) is 0 Å². The molecule has 0 saturated heterocycles. The van der Waals surface area contributed by atoms with Crippen LogP contribution in [0.2, 0.25) is 0 Å². The number of hydrogen-bond acceptors (Lipinski definition) is 0. The van der Waals surface area contributed by atoms with Crippen LogP contribution in [-0.4, -0.2) is 28.1 Å². The van der Waals surface area contributed by atoms with E-state index >= 15 is 0 Å². The zero-order valence-corrected chi connectivity index (χ0v) is 13.1. The fourth-order valence-electron chi connectivity index (χ4n) is 0.917. The fourth-order valence-corrected chi connectivity index (χ4v) is 1.83. The van der Waals surface area contributed by atoms with Crippen molar-refractivity contribution < 1.29 is 52.7 Å². The molecule has 0 bridgehead atoms. The van der Waals surface area contributed by atoms with Crippen LogP contribution in [0.5, 0.6) is 0 Å². The molecule has 0 aliphatic heterocycles. The Labute approximate surface area is 135 Å². The third-order valence-corrected chi connectivity index (χ3v) is 4.60. The fraction of sp³-hybridized carbons (Fsp3) is 0.714. The second-order valence-corrected chi connectivity index (χ2v) is 5.76. The van der Waals surface area contributed by atoms with Crippen LogP contribution in [-0.2, 0) is 0 Å². The van der Waals surface area contributed by atoms with Gasteiger partial charge < -0.3 is 0 Å². The maximum absolute atomic E-state index is 13.0. The molecular weight excluding hydrogens is 566 g/mol. The third kappa shape index (κ3) is 4.21. The lowest BCUT2D eigenvalue weighted by atomic mass is 10.0. The Bertz CT molecular complexity index is 422. The SMILES string of the molecule is FC(F)(F)/C(=C(\I)C(F)(F)I)C(F)(F)C(F)(F)C(F)(F)F. The van der Waals surface area contributed by atoms with Crippen LogP contribution < -0.4 is 0 Å². The summed E-state index contributed by atoms with van der Waals surface area (Å²) in [6, 6.07) is 0. The number of alkyl halides is 13. The van der Waals surface area contributed by atoms with Crippen LogP contribution in [0.25, 0.3) is 0 Å². The first-order valence-electron chi connectivity index (χ1n) is 4.15. The minimum Gasteiger partial charge on any atom is -0.194 e. The van der Waals surface area contributed by atoms with Gasteiger partial charge in [-0.1, -0.05) is 0 Å². The highest BCUT2D eigenvalue weighted by atomic mass is 127. The summed E-state index contributed by atoms with van der Waals surface area (Å²) in [6.07, 6.45) is -13.6. The lowest BCUT2D eigenvalue weighted by Gasteiger charge is -2.32. The normalized spacial score (nSPS) is 16.9. The van der Waals surface area contributed by atoms with Gasteiger partial charge >= 0.3 is 28.1 Å². The van der Waals surface area contributed by atoms with E-state index in [1.54, 1.807) is 0 Å². The average Bonchev–Trinajstić information content (AvgIpc) is 2.10. The molecule has 0 aromatic heterocycles. The van der Waals surface area contributed by atoms with Gasteiger partial charge in [0, 0.05) is 22.6 Å². The monoisotopic (exact) mass is 566 g/mol. The van der Waals surface area contributed by atoms with E-state index in [1.165, 1.54) is 0 Å². The number of hydrogen-bond donors (Lipinski definition) is 0. The first-order valence-corrected chi connectivity index (χ1v) is 6.30. The van der Waals surface area contributed by atoms with E-state index in [1.807, 2.05) is 0 Å². The molecule has 0 aromatic carbocycles. The summed E-state index contributed by atoms with van der Waals surface area (Å²) < 4.78 is 142. The summed E-state index contributed by atoms with van der Waals surface area (Å²) >= 11 is -0.161. The molecule has 0 aliphatic rings. The first-order chi connectivity index (χ1) is 8.78. The smallest absolute Gasteiger partial charge is 0.194 e. The van der Waals surface area contributed by atoms with Crippen LogP contribution in [0.1, 0.15) is 0 Å². The van der Waals surface area contributed by atoms with Gasteiger partial charge in [0.05, 0.1) is 3.58 Å². The van der Waals surface area contributed by atoms with Crippen molar-refractivity contribution in [2.24, 2.45) is 0 Å². The van der Waals surface area contributed by atoms with Crippen molar-refractivity contribution in [1.29, 1.82) is 0 Å². The number of halogens is 14. The number of rotatable bonds is 3. The molecule has 0 nitrogen and oxygen atoms in total. The molecule has 0 aromatic rings. The summed E-state index contributed by atoms with van der Waals surface area (Å²) in [5.41, 5.74) is -3.95. The summed E-state index contributed by atoms with van der Waals surface area (Å²) in [5, 5.41) is 0. The Balaban J connectivity index is 6.51. The lowest BCUT2D eigenvalue weighted by Crippen LogP contribution is -2.55. The molecule has 0 spiro atoms. The molecule has 0 heterocycles. The second-order valence-electron chi connectivity index (χ2n) is 3.33. The van der Waals surface area contributed by atoms with Crippen LogP contribution in [0, 0.1) is 0 Å². The van der Waals surface area contributed by atoms with Gasteiger partial charge in [-0.05, 0) is 22.6 Å². The van der Waals surface area contributed by atoms with E-state index in [2.05, 4.69) is 0 Å².